The molecular formula is C32H39F5N2O6. The topological polar surface area (TPSA) is 106 Å². The molecule has 0 heterocycles. The Labute approximate surface area is 258 Å². The molecule has 0 saturated heterocycles. The molecule has 248 valence electrons. The van der Waals surface area contributed by atoms with Gasteiger partial charge in [0.15, 0.2) is 17.9 Å². The van der Waals surface area contributed by atoms with Crippen LogP contribution in [-0.2, 0) is 15.7 Å². The fourth-order valence-corrected chi connectivity index (χ4v) is 5.53. The van der Waals surface area contributed by atoms with E-state index < -0.39 is 64.5 Å². The quantitative estimate of drug-likeness (QED) is 0.210. The lowest BCUT2D eigenvalue weighted by molar-refractivity contribution is -0.229. The zero-order valence-corrected chi connectivity index (χ0v) is 25.8. The number of hydrogen-bond donors (Lipinski definition) is 3. The van der Waals surface area contributed by atoms with Gasteiger partial charge in [0, 0.05) is 23.2 Å². The van der Waals surface area contributed by atoms with E-state index in [1.807, 2.05) is 27.7 Å². The molecule has 4 rings (SSSR count). The molecule has 0 aromatic heterocycles. The molecule has 3 N–H and O–H groups in total. The average Bonchev–Trinajstić information content (AvgIpc) is 2.92. The number of methoxy groups -OCH3 is 1. The van der Waals surface area contributed by atoms with Gasteiger partial charge in [-0.3, -0.25) is 9.59 Å². The highest BCUT2D eigenvalue weighted by Crippen LogP contribution is 2.42. The first-order chi connectivity index (χ1) is 20.9. The highest BCUT2D eigenvalue weighted by atomic mass is 19.4. The normalized spacial score (nSPS) is 24.3. The summed E-state index contributed by atoms with van der Waals surface area (Å²) in [6.07, 6.45) is -3.33. The number of alkyl halides is 3. The van der Waals surface area contributed by atoms with E-state index in [0.717, 1.165) is 12.1 Å². The summed E-state index contributed by atoms with van der Waals surface area (Å²) in [5, 5.41) is 15.7. The summed E-state index contributed by atoms with van der Waals surface area (Å²) in [6, 6.07) is 3.77. The van der Waals surface area contributed by atoms with E-state index in [0.29, 0.717) is 50.7 Å². The number of carbonyl (C=O) groups is 2. The van der Waals surface area contributed by atoms with Gasteiger partial charge in [0.1, 0.15) is 11.6 Å². The monoisotopic (exact) mass is 642 g/mol. The van der Waals surface area contributed by atoms with Crippen LogP contribution in [0.25, 0.3) is 0 Å². The van der Waals surface area contributed by atoms with Gasteiger partial charge in [-0.2, -0.15) is 13.2 Å². The summed E-state index contributed by atoms with van der Waals surface area (Å²) < 4.78 is 84.8. The van der Waals surface area contributed by atoms with Gasteiger partial charge in [0.2, 0.25) is 5.91 Å². The average molecular weight is 643 g/mol. The van der Waals surface area contributed by atoms with Crippen LogP contribution in [0.2, 0.25) is 0 Å². The Balaban J connectivity index is 1.40. The number of nitrogens with one attached hydrogen (secondary N) is 2. The zero-order valence-electron chi connectivity index (χ0n) is 25.8. The van der Waals surface area contributed by atoms with Gasteiger partial charge in [-0.05, 0) is 83.6 Å². The minimum absolute atomic E-state index is 0.0250. The van der Waals surface area contributed by atoms with Crippen LogP contribution in [0, 0.1) is 23.0 Å². The lowest BCUT2D eigenvalue weighted by Gasteiger charge is -2.42. The van der Waals surface area contributed by atoms with E-state index in [4.69, 9.17) is 14.2 Å². The first-order valence-corrected chi connectivity index (χ1v) is 14.8. The summed E-state index contributed by atoms with van der Waals surface area (Å²) >= 11 is 0. The number of anilines is 1. The Morgan fingerprint density at radius 2 is 1.64 bits per heavy atom. The minimum atomic E-state index is -4.93. The molecule has 0 aliphatic heterocycles. The van der Waals surface area contributed by atoms with E-state index in [1.54, 1.807) is 0 Å². The molecule has 2 saturated carbocycles. The van der Waals surface area contributed by atoms with Crippen molar-refractivity contribution in [2.24, 2.45) is 11.3 Å². The molecule has 13 heteroatoms. The SMILES string of the molecule is COc1cc(F)c(OC2CCC(C)(C(O)OC(C)(C)C)CC2)cc1C(=O)N[C@@H]1CC[C@@H]1C(=O)Nc1ccc(F)c(C(F)(F)F)c1. The van der Waals surface area contributed by atoms with Crippen molar-refractivity contribution in [3.63, 3.8) is 0 Å². The predicted molar refractivity (Wildman–Crippen MR) is 155 cm³/mol. The highest BCUT2D eigenvalue weighted by Gasteiger charge is 2.41. The summed E-state index contributed by atoms with van der Waals surface area (Å²) in [6.45, 7) is 7.51. The lowest BCUT2D eigenvalue weighted by atomic mass is 9.74. The van der Waals surface area contributed by atoms with Gasteiger partial charge in [-0.15, -0.1) is 0 Å². The maximum absolute atomic E-state index is 15.0. The Morgan fingerprint density at radius 3 is 2.20 bits per heavy atom. The van der Waals surface area contributed by atoms with Gasteiger partial charge >= 0.3 is 6.18 Å². The molecule has 2 aromatic carbocycles. The molecule has 0 spiro atoms. The fourth-order valence-electron chi connectivity index (χ4n) is 5.53. The van der Waals surface area contributed by atoms with Gasteiger partial charge in [0.25, 0.3) is 5.91 Å². The Hall–Kier alpha value is -3.45. The first-order valence-electron chi connectivity index (χ1n) is 14.8. The molecule has 45 heavy (non-hydrogen) atoms. The molecule has 3 atom stereocenters. The smallest absolute Gasteiger partial charge is 0.419 e. The van der Waals surface area contributed by atoms with Gasteiger partial charge in [-0.25, -0.2) is 8.78 Å². The second kappa shape index (κ2) is 13.1. The van der Waals surface area contributed by atoms with Crippen molar-refractivity contribution in [2.45, 2.75) is 96.4 Å². The molecule has 2 fully saturated rings. The van der Waals surface area contributed by atoms with Crippen molar-refractivity contribution >= 4 is 17.5 Å². The van der Waals surface area contributed by atoms with Crippen LogP contribution in [0.3, 0.4) is 0 Å². The maximum atomic E-state index is 15.0. The number of benzene rings is 2. The van der Waals surface area contributed by atoms with E-state index in [9.17, 15) is 36.6 Å². The second-order valence-electron chi connectivity index (χ2n) is 13.0. The van der Waals surface area contributed by atoms with E-state index in [-0.39, 0.29) is 28.9 Å². The fraction of sp³-hybridized carbons (Fsp3) is 0.562. The second-order valence-corrected chi connectivity index (χ2v) is 13.0. The van der Waals surface area contributed by atoms with Crippen LogP contribution in [0.4, 0.5) is 27.6 Å². The summed E-state index contributed by atoms with van der Waals surface area (Å²) in [5.74, 6) is -4.45. The van der Waals surface area contributed by atoms with Crippen LogP contribution in [0.5, 0.6) is 11.5 Å². The molecule has 2 aliphatic carbocycles. The van der Waals surface area contributed by atoms with Crippen LogP contribution < -0.4 is 20.1 Å². The van der Waals surface area contributed by atoms with Gasteiger partial charge in [-0.1, -0.05) is 6.92 Å². The van der Waals surface area contributed by atoms with Gasteiger partial charge in [0.05, 0.1) is 35.9 Å². The molecule has 2 aromatic rings. The number of aliphatic hydroxyl groups is 1. The molecule has 8 nitrogen and oxygen atoms in total. The third kappa shape index (κ3) is 8.23. The number of carbonyl (C=O) groups excluding carboxylic acids is 2. The molecule has 0 bridgehead atoms. The largest absolute Gasteiger partial charge is 0.496 e. The van der Waals surface area contributed by atoms with Crippen molar-refractivity contribution < 1.29 is 50.9 Å². The molecule has 0 radical (unpaired) electrons. The van der Waals surface area contributed by atoms with Crippen molar-refractivity contribution in [1.82, 2.24) is 5.32 Å². The van der Waals surface area contributed by atoms with E-state index in [2.05, 4.69) is 10.6 Å². The highest BCUT2D eigenvalue weighted by molar-refractivity contribution is 5.99. The van der Waals surface area contributed by atoms with E-state index >= 15 is 0 Å². The van der Waals surface area contributed by atoms with Crippen molar-refractivity contribution in [1.29, 1.82) is 0 Å². The van der Waals surface area contributed by atoms with Crippen molar-refractivity contribution in [3.8, 4) is 11.5 Å². The third-order valence-corrected chi connectivity index (χ3v) is 8.40. The Kier molecular flexibility index (Phi) is 10.0. The summed E-state index contributed by atoms with van der Waals surface area (Å²) in [5.41, 5.74) is -2.78. The van der Waals surface area contributed by atoms with Crippen LogP contribution in [0.15, 0.2) is 30.3 Å². The van der Waals surface area contributed by atoms with Gasteiger partial charge < -0.3 is 30.0 Å². The Bertz CT molecular complexity index is 1400. The number of rotatable bonds is 9. The number of hydrogen-bond acceptors (Lipinski definition) is 6. The van der Waals surface area contributed by atoms with Crippen molar-refractivity contribution in [3.05, 3.63) is 53.1 Å². The first kappa shape index (κ1) is 34.4. The number of ether oxygens (including phenoxy) is 3. The maximum Gasteiger partial charge on any atom is 0.419 e. The molecule has 2 aliphatic rings. The standard InChI is InChI=1S/C32H39F5N2O6/c1-30(2,3)45-29(42)31(4)12-10-18(11-13-31)44-26-15-20(25(43-5)16-23(26)34)28(41)39-24-9-7-19(24)27(40)38-17-6-8-22(33)21(14-17)32(35,36)37/h6,8,14-16,18-19,24,29,42H,7,9-13H2,1-5H3,(H,38,40)(H,39,41)/t18?,19-,24+,29?,31?/m0/s1. The number of halogens is 5. The van der Waals surface area contributed by atoms with Crippen molar-refractivity contribution in [2.75, 3.05) is 12.4 Å². The Morgan fingerprint density at radius 1 is 0.978 bits per heavy atom. The van der Waals surface area contributed by atoms with Crippen LogP contribution in [0.1, 0.15) is 82.1 Å². The molecule has 1 unspecified atom stereocenters. The lowest BCUT2D eigenvalue weighted by Crippen LogP contribution is -2.51. The van der Waals surface area contributed by atoms with Crippen LogP contribution >= 0.6 is 0 Å². The number of amides is 2. The zero-order chi connectivity index (χ0) is 33.3. The summed E-state index contributed by atoms with van der Waals surface area (Å²) in [4.78, 5) is 26.1. The van der Waals surface area contributed by atoms with E-state index in [1.165, 1.54) is 13.2 Å². The third-order valence-electron chi connectivity index (χ3n) is 8.40. The summed E-state index contributed by atoms with van der Waals surface area (Å²) in [7, 11) is 1.27. The minimum Gasteiger partial charge on any atom is -0.496 e. The predicted octanol–water partition coefficient (Wildman–Crippen LogP) is 6.60. The van der Waals surface area contributed by atoms with Crippen LogP contribution in [-0.4, -0.2) is 48.1 Å². The molecular weight excluding hydrogens is 603 g/mol. The molecule has 2 amide bonds. The number of aliphatic hydroxyl groups excluding tert-OH is 1.